The highest BCUT2D eigenvalue weighted by atomic mass is 32.1. The first-order chi connectivity index (χ1) is 12.2. The van der Waals surface area contributed by atoms with Gasteiger partial charge in [0.15, 0.2) is 5.11 Å². The second-order valence-corrected chi connectivity index (χ2v) is 6.40. The van der Waals surface area contributed by atoms with E-state index in [1.807, 2.05) is 0 Å². The lowest BCUT2D eigenvalue weighted by molar-refractivity contribution is 0.0389. The molecule has 1 saturated heterocycles. The molecule has 0 unspecified atom stereocenters. The molecule has 1 heterocycles. The molecule has 7 heteroatoms. The molecule has 0 amide bonds. The van der Waals surface area contributed by atoms with E-state index < -0.39 is 0 Å². The zero-order valence-corrected chi connectivity index (χ0v) is 15.6. The van der Waals surface area contributed by atoms with E-state index >= 15 is 0 Å². The molecule has 0 aliphatic carbocycles. The van der Waals surface area contributed by atoms with Crippen molar-refractivity contribution in [3.63, 3.8) is 0 Å². The third-order valence-electron chi connectivity index (χ3n) is 4.05. The molecule has 25 heavy (non-hydrogen) atoms. The van der Waals surface area contributed by atoms with Crippen molar-refractivity contribution in [2.45, 2.75) is 26.2 Å². The summed E-state index contributed by atoms with van der Waals surface area (Å²) in [5.41, 5.74) is 4.72. The minimum atomic E-state index is -0.244. The normalized spacial score (nSPS) is 15.8. The molecular weight excluding hydrogens is 339 g/mol. The van der Waals surface area contributed by atoms with E-state index in [4.69, 9.17) is 17.0 Å². The highest BCUT2D eigenvalue weighted by Crippen LogP contribution is 2.09. The molecule has 2 rings (SSSR count). The average molecular weight is 367 g/mol. The van der Waals surface area contributed by atoms with Gasteiger partial charge >= 0.3 is 0 Å². The van der Waals surface area contributed by atoms with Crippen molar-refractivity contribution in [2.75, 3.05) is 39.4 Å². The molecule has 0 radical (unpaired) electrons. The molecule has 2 N–H and O–H groups in total. The molecule has 0 saturated carbocycles. The van der Waals surface area contributed by atoms with E-state index in [0.29, 0.717) is 5.11 Å². The van der Waals surface area contributed by atoms with Gasteiger partial charge in [0.05, 0.1) is 18.9 Å². The zero-order valence-electron chi connectivity index (χ0n) is 14.8. The lowest BCUT2D eigenvalue weighted by Crippen LogP contribution is -2.43. The fourth-order valence-electron chi connectivity index (χ4n) is 2.56. The largest absolute Gasteiger partial charge is 0.379 e. The van der Waals surface area contributed by atoms with Gasteiger partial charge in [-0.05, 0) is 42.8 Å². The Kier molecular flexibility index (Phi) is 8.79. The first-order valence-corrected chi connectivity index (χ1v) is 9.26. The van der Waals surface area contributed by atoms with Crippen molar-refractivity contribution in [3.05, 3.63) is 35.6 Å². The molecule has 1 aromatic carbocycles. The highest BCUT2D eigenvalue weighted by molar-refractivity contribution is 7.80. The van der Waals surface area contributed by atoms with Gasteiger partial charge in [-0.1, -0.05) is 25.5 Å². The van der Waals surface area contributed by atoms with Crippen molar-refractivity contribution in [3.8, 4) is 0 Å². The molecule has 1 aromatic rings. The van der Waals surface area contributed by atoms with Crippen LogP contribution in [-0.2, 0) is 4.74 Å². The Bertz CT molecular complexity index is 559. The topological polar surface area (TPSA) is 48.9 Å². The molecule has 1 fully saturated rings. The number of thiocarbonyl (C=S) groups is 1. The number of benzene rings is 1. The van der Waals surface area contributed by atoms with Crippen LogP contribution >= 0.6 is 12.2 Å². The summed E-state index contributed by atoms with van der Waals surface area (Å²) in [6.45, 7) is 7.35. The van der Waals surface area contributed by atoms with E-state index in [2.05, 4.69) is 27.7 Å². The molecule has 138 valence electrons. The van der Waals surface area contributed by atoms with E-state index in [0.717, 1.165) is 69.9 Å². The van der Waals surface area contributed by atoms with Gasteiger partial charge in [-0.15, -0.1) is 0 Å². The molecule has 5 nitrogen and oxygen atoms in total. The SMILES string of the molecule is CCCC/C(=N/NC(=S)NCCN1CCOCC1)c1ccc(F)cc1. The Labute approximate surface area is 154 Å². The molecule has 0 aromatic heterocycles. The standard InChI is InChI=1S/C18H27FN4OS/c1-2-3-4-17(15-5-7-16(19)8-6-15)21-22-18(25)20-9-10-23-11-13-24-14-12-23/h5-8H,2-4,9-14H2,1H3,(H2,20,22,25)/b21-17-. The van der Waals surface area contributed by atoms with Crippen molar-refractivity contribution in [2.24, 2.45) is 5.10 Å². The molecule has 0 bridgehead atoms. The van der Waals surface area contributed by atoms with Gasteiger partial charge < -0.3 is 10.1 Å². The summed E-state index contributed by atoms with van der Waals surface area (Å²) in [5.74, 6) is -0.244. The lowest BCUT2D eigenvalue weighted by Gasteiger charge is -2.26. The molecule has 1 aliphatic heterocycles. The van der Waals surface area contributed by atoms with Crippen molar-refractivity contribution in [1.29, 1.82) is 0 Å². The summed E-state index contributed by atoms with van der Waals surface area (Å²) >= 11 is 5.29. The monoisotopic (exact) mass is 366 g/mol. The van der Waals surface area contributed by atoms with E-state index in [1.165, 1.54) is 12.1 Å². The number of hydrogen-bond acceptors (Lipinski definition) is 4. The second-order valence-electron chi connectivity index (χ2n) is 5.99. The maximum atomic E-state index is 13.1. The van der Waals surface area contributed by atoms with Gasteiger partial charge in [-0.3, -0.25) is 10.3 Å². The lowest BCUT2D eigenvalue weighted by atomic mass is 10.1. The van der Waals surface area contributed by atoms with Crippen LogP contribution in [-0.4, -0.2) is 55.1 Å². The summed E-state index contributed by atoms with van der Waals surface area (Å²) in [5, 5.41) is 8.11. The van der Waals surface area contributed by atoms with Crippen molar-refractivity contribution in [1.82, 2.24) is 15.6 Å². The first kappa shape index (κ1) is 19.8. The number of ether oxygens (including phenoxy) is 1. The van der Waals surface area contributed by atoms with Crippen LogP contribution in [0.4, 0.5) is 4.39 Å². The number of rotatable bonds is 8. The van der Waals surface area contributed by atoms with E-state index in [9.17, 15) is 4.39 Å². The third kappa shape index (κ3) is 7.46. The van der Waals surface area contributed by atoms with Gasteiger partial charge in [0.1, 0.15) is 5.82 Å². The molecule has 0 spiro atoms. The molecule has 1 aliphatic rings. The number of hydrogen-bond donors (Lipinski definition) is 2. The maximum Gasteiger partial charge on any atom is 0.187 e. The fraction of sp³-hybridized carbons (Fsp3) is 0.556. The first-order valence-electron chi connectivity index (χ1n) is 8.85. The zero-order chi connectivity index (χ0) is 17.9. The van der Waals surface area contributed by atoms with Gasteiger partial charge in [-0.2, -0.15) is 5.10 Å². The summed E-state index contributed by atoms with van der Waals surface area (Å²) in [4.78, 5) is 2.34. The summed E-state index contributed by atoms with van der Waals surface area (Å²) < 4.78 is 18.4. The quantitative estimate of drug-likeness (QED) is 0.421. The van der Waals surface area contributed by atoms with Crippen LogP contribution in [0.3, 0.4) is 0 Å². The van der Waals surface area contributed by atoms with Crippen LogP contribution in [0.1, 0.15) is 31.7 Å². The van der Waals surface area contributed by atoms with Crippen LogP contribution in [0.2, 0.25) is 0 Å². The number of nitrogens with zero attached hydrogens (tertiary/aromatic N) is 2. The van der Waals surface area contributed by atoms with Crippen LogP contribution in [0.5, 0.6) is 0 Å². The Morgan fingerprint density at radius 1 is 1.28 bits per heavy atom. The van der Waals surface area contributed by atoms with Crippen molar-refractivity contribution >= 4 is 23.0 Å². The number of nitrogens with one attached hydrogen (secondary N) is 2. The summed E-state index contributed by atoms with van der Waals surface area (Å²) in [7, 11) is 0. The van der Waals surface area contributed by atoms with Crippen LogP contribution in [0, 0.1) is 5.82 Å². The van der Waals surface area contributed by atoms with Crippen LogP contribution < -0.4 is 10.7 Å². The number of hydrazone groups is 1. The third-order valence-corrected chi connectivity index (χ3v) is 4.29. The minimum absolute atomic E-state index is 0.244. The smallest absolute Gasteiger partial charge is 0.187 e. The Balaban J connectivity index is 1.81. The van der Waals surface area contributed by atoms with Gasteiger partial charge in [0.25, 0.3) is 0 Å². The predicted octanol–water partition coefficient (Wildman–Crippen LogP) is 2.52. The summed E-state index contributed by atoms with van der Waals surface area (Å²) in [6, 6.07) is 6.41. The maximum absolute atomic E-state index is 13.1. The minimum Gasteiger partial charge on any atom is -0.379 e. The Morgan fingerprint density at radius 3 is 2.68 bits per heavy atom. The Morgan fingerprint density at radius 2 is 2.00 bits per heavy atom. The molecule has 0 atom stereocenters. The summed E-state index contributed by atoms with van der Waals surface area (Å²) in [6.07, 6.45) is 2.92. The van der Waals surface area contributed by atoms with Gasteiger partial charge in [0, 0.05) is 26.2 Å². The van der Waals surface area contributed by atoms with Crippen LogP contribution in [0.15, 0.2) is 29.4 Å². The van der Waals surface area contributed by atoms with Crippen LogP contribution in [0.25, 0.3) is 0 Å². The van der Waals surface area contributed by atoms with E-state index in [1.54, 1.807) is 12.1 Å². The number of morpholine rings is 1. The number of unbranched alkanes of at least 4 members (excludes halogenated alkanes) is 1. The fourth-order valence-corrected chi connectivity index (χ4v) is 2.71. The van der Waals surface area contributed by atoms with Gasteiger partial charge in [-0.25, -0.2) is 4.39 Å². The van der Waals surface area contributed by atoms with Gasteiger partial charge in [0.2, 0.25) is 0 Å². The average Bonchev–Trinajstić information content (AvgIpc) is 2.64. The number of halogens is 1. The molecular formula is C18H27FN4OS. The second kappa shape index (κ2) is 11.1. The predicted molar refractivity (Wildman–Crippen MR) is 103 cm³/mol. The van der Waals surface area contributed by atoms with E-state index in [-0.39, 0.29) is 5.82 Å². The highest BCUT2D eigenvalue weighted by Gasteiger charge is 2.09. The Hall–Kier alpha value is -1.57. The van der Waals surface area contributed by atoms with Crippen molar-refractivity contribution < 1.29 is 9.13 Å².